The first-order chi connectivity index (χ1) is 20.0. The van der Waals surface area contributed by atoms with E-state index in [9.17, 15) is 14.7 Å². The van der Waals surface area contributed by atoms with Gasteiger partial charge in [-0.15, -0.1) is 0 Å². The van der Waals surface area contributed by atoms with E-state index < -0.39 is 17.5 Å². The molecule has 1 rings (SSSR count). The monoisotopic (exact) mass is 565 g/mol. The zero-order chi connectivity index (χ0) is 30.0. The van der Waals surface area contributed by atoms with Gasteiger partial charge >= 0.3 is 5.97 Å². The first-order valence-corrected chi connectivity index (χ1v) is 15.1. The highest BCUT2D eigenvalue weighted by Crippen LogP contribution is 2.23. The van der Waals surface area contributed by atoms with Crippen LogP contribution in [0.2, 0.25) is 0 Å². The van der Waals surface area contributed by atoms with Crippen LogP contribution in [0.4, 0.5) is 0 Å². The lowest BCUT2D eigenvalue weighted by Gasteiger charge is -2.29. The molecule has 0 bridgehead atoms. The van der Waals surface area contributed by atoms with Crippen molar-refractivity contribution in [2.24, 2.45) is 0 Å². The molecule has 1 aromatic carbocycles. The number of esters is 1. The van der Waals surface area contributed by atoms with Gasteiger partial charge in [0.1, 0.15) is 12.4 Å². The highest BCUT2D eigenvalue weighted by atomic mass is 16.6. The van der Waals surface area contributed by atoms with Gasteiger partial charge < -0.3 is 19.9 Å². The lowest BCUT2D eigenvalue weighted by Crippen LogP contribution is -2.43. The van der Waals surface area contributed by atoms with E-state index in [-0.39, 0.29) is 24.5 Å². The quantitative estimate of drug-likeness (QED) is 0.0842. The molecular weight excluding hydrogens is 514 g/mol. The predicted molar refractivity (Wildman–Crippen MR) is 169 cm³/mol. The van der Waals surface area contributed by atoms with Gasteiger partial charge in [0.05, 0.1) is 12.1 Å². The van der Waals surface area contributed by atoms with Crippen LogP contribution in [-0.4, -0.2) is 42.3 Å². The van der Waals surface area contributed by atoms with Crippen LogP contribution in [0.5, 0.6) is 5.75 Å². The minimum atomic E-state index is -0.973. The zero-order valence-corrected chi connectivity index (χ0v) is 25.4. The van der Waals surface area contributed by atoms with Crippen LogP contribution in [0.15, 0.2) is 85.0 Å². The SMILES string of the molecule is CC/C=C\C/C=C\C/C=C\C/C=C\C/C=C\CCCCOC(CC)(CC)C(=O)OCCNC(=O)c1ccccc1O. The topological polar surface area (TPSA) is 84.9 Å². The molecule has 1 aromatic rings. The Morgan fingerprint density at radius 3 is 1.90 bits per heavy atom. The smallest absolute Gasteiger partial charge is 0.338 e. The highest BCUT2D eigenvalue weighted by molar-refractivity contribution is 5.96. The van der Waals surface area contributed by atoms with Crippen molar-refractivity contribution in [3.05, 3.63) is 90.6 Å². The van der Waals surface area contributed by atoms with Gasteiger partial charge in [-0.1, -0.05) is 93.7 Å². The second-order valence-corrected chi connectivity index (χ2v) is 9.66. The van der Waals surface area contributed by atoms with Crippen LogP contribution in [0, 0.1) is 0 Å². The number of benzene rings is 1. The molecule has 0 saturated carbocycles. The molecule has 0 aromatic heterocycles. The number of para-hydroxylation sites is 1. The van der Waals surface area contributed by atoms with E-state index in [0.717, 1.165) is 51.4 Å². The van der Waals surface area contributed by atoms with Crippen LogP contribution in [-0.2, 0) is 14.3 Å². The number of rotatable bonds is 22. The van der Waals surface area contributed by atoms with Crippen molar-refractivity contribution >= 4 is 11.9 Å². The summed E-state index contributed by atoms with van der Waals surface area (Å²) in [5, 5.41) is 12.4. The maximum atomic E-state index is 12.8. The van der Waals surface area contributed by atoms with Crippen molar-refractivity contribution in [1.82, 2.24) is 5.32 Å². The van der Waals surface area contributed by atoms with E-state index in [0.29, 0.717) is 19.4 Å². The van der Waals surface area contributed by atoms with E-state index in [1.807, 2.05) is 13.8 Å². The molecule has 0 aliphatic rings. The van der Waals surface area contributed by atoms with Gasteiger partial charge in [0, 0.05) is 6.61 Å². The molecule has 0 aliphatic heterocycles. The van der Waals surface area contributed by atoms with E-state index >= 15 is 0 Å². The summed E-state index contributed by atoms with van der Waals surface area (Å²) >= 11 is 0. The Labute approximate surface area is 247 Å². The fraction of sp³-hybridized carbons (Fsp3) is 0.486. The Bertz CT molecular complexity index is 1000. The van der Waals surface area contributed by atoms with Gasteiger partial charge in [0.15, 0.2) is 5.60 Å². The number of phenolic OH excluding ortho intramolecular Hbond substituents is 1. The second kappa shape index (κ2) is 23.3. The van der Waals surface area contributed by atoms with Crippen molar-refractivity contribution < 1.29 is 24.2 Å². The Morgan fingerprint density at radius 1 is 0.780 bits per heavy atom. The maximum Gasteiger partial charge on any atom is 0.338 e. The lowest BCUT2D eigenvalue weighted by molar-refractivity contribution is -0.174. The summed E-state index contributed by atoms with van der Waals surface area (Å²) in [5.41, 5.74) is -0.790. The summed E-state index contributed by atoms with van der Waals surface area (Å²) in [6, 6.07) is 6.30. The molecule has 6 heteroatoms. The molecule has 0 radical (unpaired) electrons. The summed E-state index contributed by atoms with van der Waals surface area (Å²) in [7, 11) is 0. The largest absolute Gasteiger partial charge is 0.507 e. The van der Waals surface area contributed by atoms with Crippen LogP contribution >= 0.6 is 0 Å². The molecule has 6 nitrogen and oxygen atoms in total. The van der Waals surface area contributed by atoms with E-state index in [1.165, 1.54) is 12.1 Å². The molecule has 41 heavy (non-hydrogen) atoms. The molecule has 0 spiro atoms. The van der Waals surface area contributed by atoms with Gasteiger partial charge in [-0.3, -0.25) is 4.79 Å². The van der Waals surface area contributed by atoms with Crippen LogP contribution in [0.1, 0.15) is 95.3 Å². The number of allylic oxidation sites excluding steroid dienone is 10. The Balaban J connectivity index is 2.19. The number of amides is 1. The number of phenols is 1. The third-order valence-electron chi connectivity index (χ3n) is 6.58. The summed E-state index contributed by atoms with van der Waals surface area (Å²) in [6.07, 6.45) is 30.8. The van der Waals surface area contributed by atoms with Crippen molar-refractivity contribution in [1.29, 1.82) is 0 Å². The van der Waals surface area contributed by atoms with Crippen LogP contribution < -0.4 is 5.32 Å². The normalized spacial score (nSPS) is 12.5. The maximum absolute atomic E-state index is 12.8. The molecule has 226 valence electrons. The number of unbranched alkanes of at least 4 members (excludes halogenated alkanes) is 2. The molecule has 0 unspecified atom stereocenters. The average Bonchev–Trinajstić information content (AvgIpc) is 2.98. The summed E-state index contributed by atoms with van der Waals surface area (Å²) < 4.78 is 11.5. The van der Waals surface area contributed by atoms with Crippen molar-refractivity contribution in [3.8, 4) is 5.75 Å². The zero-order valence-electron chi connectivity index (χ0n) is 25.4. The van der Waals surface area contributed by atoms with Gasteiger partial charge in [-0.2, -0.15) is 0 Å². The van der Waals surface area contributed by atoms with E-state index in [2.05, 4.69) is 73.0 Å². The van der Waals surface area contributed by atoms with Crippen molar-refractivity contribution in [2.75, 3.05) is 19.8 Å². The summed E-state index contributed by atoms with van der Waals surface area (Å²) in [5.74, 6) is -0.912. The molecule has 0 atom stereocenters. The third-order valence-corrected chi connectivity index (χ3v) is 6.58. The number of hydrogen-bond acceptors (Lipinski definition) is 5. The molecular formula is C35H51NO5. The van der Waals surface area contributed by atoms with Crippen molar-refractivity contribution in [2.45, 2.75) is 90.6 Å². The minimum absolute atomic E-state index is 0.0351. The molecule has 0 heterocycles. The molecule has 1 amide bonds. The summed E-state index contributed by atoms with van der Waals surface area (Å²) in [6.45, 7) is 6.66. The first kappa shape index (κ1) is 35.6. The molecule has 2 N–H and O–H groups in total. The lowest BCUT2D eigenvalue weighted by atomic mass is 9.97. The number of carbonyl (C=O) groups excluding carboxylic acids is 2. The average molecular weight is 566 g/mol. The van der Waals surface area contributed by atoms with Crippen molar-refractivity contribution in [3.63, 3.8) is 0 Å². The fourth-order valence-corrected chi connectivity index (χ4v) is 4.00. The fourth-order valence-electron chi connectivity index (χ4n) is 4.00. The molecule has 0 aliphatic carbocycles. The standard InChI is InChI=1S/C35H51NO5/c1-4-7-8-9-10-11-12-13-14-15-16-17-18-19-20-21-22-25-29-41-35(5-2,6-3)34(39)40-30-28-36-33(38)31-26-23-24-27-32(31)37/h7-8,10-11,13-14,16-17,19-20,23-24,26-27,37H,4-6,9,12,15,18,21-22,25,28-30H2,1-3H3,(H,36,38)/b8-7-,11-10-,14-13-,17-16-,20-19-. The number of carbonyl (C=O) groups is 2. The van der Waals surface area contributed by atoms with E-state index in [4.69, 9.17) is 9.47 Å². The third kappa shape index (κ3) is 15.9. The van der Waals surface area contributed by atoms with E-state index in [1.54, 1.807) is 12.1 Å². The van der Waals surface area contributed by atoms with Crippen LogP contribution in [0.3, 0.4) is 0 Å². The molecule has 0 fully saturated rings. The first-order valence-electron chi connectivity index (χ1n) is 15.1. The van der Waals surface area contributed by atoms with Gasteiger partial charge in [0.2, 0.25) is 0 Å². The van der Waals surface area contributed by atoms with Crippen LogP contribution in [0.25, 0.3) is 0 Å². The Kier molecular flexibility index (Phi) is 20.3. The Hall–Kier alpha value is -3.38. The number of ether oxygens (including phenoxy) is 2. The summed E-state index contributed by atoms with van der Waals surface area (Å²) in [4.78, 5) is 25.0. The Morgan fingerprint density at radius 2 is 1.34 bits per heavy atom. The predicted octanol–water partition coefficient (Wildman–Crippen LogP) is 8.16. The van der Waals surface area contributed by atoms with Gasteiger partial charge in [-0.25, -0.2) is 4.79 Å². The van der Waals surface area contributed by atoms with Gasteiger partial charge in [-0.05, 0) is 76.3 Å². The number of hydrogen-bond donors (Lipinski definition) is 2. The van der Waals surface area contributed by atoms with Gasteiger partial charge in [0.25, 0.3) is 5.91 Å². The second-order valence-electron chi connectivity index (χ2n) is 9.66. The number of nitrogens with one attached hydrogen (secondary N) is 1. The number of aromatic hydroxyl groups is 1. The molecule has 0 saturated heterocycles. The minimum Gasteiger partial charge on any atom is -0.507 e. The highest BCUT2D eigenvalue weighted by Gasteiger charge is 2.37.